The van der Waals surface area contributed by atoms with Crippen molar-refractivity contribution in [3.05, 3.63) is 0 Å². The monoisotopic (exact) mass is 498 g/mol. The molecule has 35 heavy (non-hydrogen) atoms. The minimum atomic E-state index is -0.761. The van der Waals surface area contributed by atoms with Crippen LogP contribution in [0.15, 0.2) is 0 Å². The van der Waals surface area contributed by atoms with Crippen molar-refractivity contribution in [2.24, 2.45) is 11.8 Å². The van der Waals surface area contributed by atoms with E-state index in [1.807, 2.05) is 0 Å². The highest BCUT2D eigenvalue weighted by molar-refractivity contribution is 5.70. The molecule has 0 heterocycles. The van der Waals surface area contributed by atoms with Crippen molar-refractivity contribution in [2.45, 2.75) is 156 Å². The number of esters is 2. The summed E-state index contributed by atoms with van der Waals surface area (Å²) >= 11 is 0. The number of rotatable bonds is 25. The maximum absolute atomic E-state index is 12.0. The second kappa shape index (κ2) is 24.6. The van der Waals surface area contributed by atoms with Crippen LogP contribution in [0.25, 0.3) is 0 Å². The molecule has 0 spiro atoms. The fourth-order valence-electron chi connectivity index (χ4n) is 4.18. The summed E-state index contributed by atoms with van der Waals surface area (Å²) in [6.07, 6.45) is 20.2. The summed E-state index contributed by atoms with van der Waals surface area (Å²) in [5, 5.41) is 9.45. The lowest BCUT2D eigenvalue weighted by Crippen LogP contribution is -2.28. The van der Waals surface area contributed by atoms with Crippen molar-refractivity contribution >= 4 is 11.9 Å². The molecule has 0 aliphatic rings. The molecule has 2 atom stereocenters. The first-order valence-electron chi connectivity index (χ1n) is 14.8. The van der Waals surface area contributed by atoms with E-state index in [2.05, 4.69) is 27.7 Å². The van der Waals surface area contributed by atoms with Crippen LogP contribution in [0.1, 0.15) is 150 Å². The van der Waals surface area contributed by atoms with Gasteiger partial charge in [0.25, 0.3) is 0 Å². The Morgan fingerprint density at radius 3 is 1.60 bits per heavy atom. The fourth-order valence-corrected chi connectivity index (χ4v) is 4.18. The number of carbonyl (C=O) groups excluding carboxylic acids is 2. The summed E-state index contributed by atoms with van der Waals surface area (Å²) in [5.74, 6) is 1.04. The predicted octanol–water partition coefficient (Wildman–Crippen LogP) is 8.16. The van der Waals surface area contributed by atoms with Gasteiger partial charge in [-0.2, -0.15) is 0 Å². The van der Waals surface area contributed by atoms with Gasteiger partial charge in [-0.05, 0) is 24.7 Å². The first-order chi connectivity index (χ1) is 16.9. The van der Waals surface area contributed by atoms with E-state index in [-0.39, 0.29) is 25.2 Å². The van der Waals surface area contributed by atoms with Gasteiger partial charge in [-0.25, -0.2) is 0 Å². The third-order valence-corrected chi connectivity index (χ3v) is 6.87. The molecule has 5 nitrogen and oxygen atoms in total. The van der Waals surface area contributed by atoms with Crippen molar-refractivity contribution < 1.29 is 24.2 Å². The fraction of sp³-hybridized carbons (Fsp3) is 0.933. The molecular weight excluding hydrogens is 440 g/mol. The minimum Gasteiger partial charge on any atom is -0.462 e. The summed E-state index contributed by atoms with van der Waals surface area (Å²) in [6, 6.07) is 0. The maximum atomic E-state index is 12.0. The molecular formula is C30H58O5. The molecule has 0 aromatic rings. The van der Waals surface area contributed by atoms with E-state index in [9.17, 15) is 14.7 Å². The zero-order valence-electron chi connectivity index (χ0n) is 23.7. The summed E-state index contributed by atoms with van der Waals surface area (Å²) in [6.45, 7) is 8.72. The Morgan fingerprint density at radius 1 is 0.657 bits per heavy atom. The van der Waals surface area contributed by atoms with Crippen LogP contribution >= 0.6 is 0 Å². The Balaban J connectivity index is 3.62. The van der Waals surface area contributed by atoms with Gasteiger partial charge < -0.3 is 14.6 Å². The van der Waals surface area contributed by atoms with Crippen molar-refractivity contribution in [1.82, 2.24) is 0 Å². The summed E-state index contributed by atoms with van der Waals surface area (Å²) in [5.41, 5.74) is 0. The van der Waals surface area contributed by atoms with E-state index in [1.165, 1.54) is 70.6 Å². The molecule has 0 saturated heterocycles. The van der Waals surface area contributed by atoms with Crippen molar-refractivity contribution in [2.75, 3.05) is 13.2 Å². The average Bonchev–Trinajstić information content (AvgIpc) is 2.83. The Bertz CT molecular complexity index is 491. The Morgan fingerprint density at radius 2 is 1.11 bits per heavy atom. The predicted molar refractivity (Wildman–Crippen MR) is 145 cm³/mol. The first kappa shape index (κ1) is 33.9. The molecule has 1 N–H and O–H groups in total. The van der Waals surface area contributed by atoms with Crippen LogP contribution in [0.3, 0.4) is 0 Å². The van der Waals surface area contributed by atoms with Crippen LogP contribution in [-0.2, 0) is 19.1 Å². The highest BCUT2D eigenvalue weighted by Crippen LogP contribution is 2.15. The number of carbonyl (C=O) groups is 2. The zero-order chi connectivity index (χ0) is 26.2. The first-order valence-corrected chi connectivity index (χ1v) is 14.8. The standard InChI is InChI=1S/C30H58O5/c1-5-27(4)21-17-13-10-11-15-19-23-30(33)35-28(24-31)25-34-29(32)22-18-14-9-7-6-8-12-16-20-26(2)3/h26-28,31H,5-25H2,1-4H3/t27?,28-/m0/s1. The van der Waals surface area contributed by atoms with E-state index < -0.39 is 6.10 Å². The molecule has 0 rings (SSSR count). The normalized spacial score (nSPS) is 13.1. The second-order valence-corrected chi connectivity index (χ2v) is 10.9. The maximum Gasteiger partial charge on any atom is 0.306 e. The third kappa shape index (κ3) is 24.4. The molecule has 0 bridgehead atoms. The van der Waals surface area contributed by atoms with Gasteiger partial charge in [0.05, 0.1) is 6.61 Å². The molecule has 0 saturated carbocycles. The summed E-state index contributed by atoms with van der Waals surface area (Å²) in [4.78, 5) is 24.0. The number of hydrogen-bond acceptors (Lipinski definition) is 5. The van der Waals surface area contributed by atoms with Crippen molar-refractivity contribution in [3.8, 4) is 0 Å². The minimum absolute atomic E-state index is 0.0619. The van der Waals surface area contributed by atoms with Crippen LogP contribution in [0.5, 0.6) is 0 Å². The third-order valence-electron chi connectivity index (χ3n) is 6.87. The van der Waals surface area contributed by atoms with Gasteiger partial charge in [-0.1, -0.05) is 124 Å². The molecule has 0 fully saturated rings. The van der Waals surface area contributed by atoms with Gasteiger partial charge in [-0.3, -0.25) is 9.59 Å². The highest BCUT2D eigenvalue weighted by Gasteiger charge is 2.16. The Hall–Kier alpha value is -1.10. The number of aliphatic hydroxyl groups excluding tert-OH is 1. The largest absolute Gasteiger partial charge is 0.462 e. The lowest BCUT2D eigenvalue weighted by molar-refractivity contribution is -0.161. The quantitative estimate of drug-likeness (QED) is 0.101. The van der Waals surface area contributed by atoms with Gasteiger partial charge >= 0.3 is 11.9 Å². The van der Waals surface area contributed by atoms with Crippen LogP contribution in [0, 0.1) is 11.8 Å². The smallest absolute Gasteiger partial charge is 0.306 e. The van der Waals surface area contributed by atoms with Gasteiger partial charge in [0.15, 0.2) is 6.10 Å². The van der Waals surface area contributed by atoms with Gasteiger partial charge in [0.1, 0.15) is 6.61 Å². The number of aliphatic hydroxyl groups is 1. The second-order valence-electron chi connectivity index (χ2n) is 10.9. The van der Waals surface area contributed by atoms with E-state index in [1.54, 1.807) is 0 Å². The number of hydrogen-bond donors (Lipinski definition) is 1. The number of ether oxygens (including phenoxy) is 2. The Labute approximate surface area is 217 Å². The van der Waals surface area contributed by atoms with Gasteiger partial charge in [-0.15, -0.1) is 0 Å². The molecule has 0 radical (unpaired) electrons. The highest BCUT2D eigenvalue weighted by atomic mass is 16.6. The van der Waals surface area contributed by atoms with Gasteiger partial charge in [0, 0.05) is 12.8 Å². The van der Waals surface area contributed by atoms with E-state index >= 15 is 0 Å². The van der Waals surface area contributed by atoms with Crippen molar-refractivity contribution in [1.29, 1.82) is 0 Å². The van der Waals surface area contributed by atoms with Crippen LogP contribution in [0.2, 0.25) is 0 Å². The van der Waals surface area contributed by atoms with E-state index in [0.717, 1.165) is 50.4 Å². The molecule has 5 heteroatoms. The van der Waals surface area contributed by atoms with Gasteiger partial charge in [0.2, 0.25) is 0 Å². The lowest BCUT2D eigenvalue weighted by atomic mass is 10.00. The molecule has 0 aromatic carbocycles. The SMILES string of the molecule is CCC(C)CCCCCCCCC(=O)O[C@@H](CO)COC(=O)CCCCCCCCCCC(C)C. The van der Waals surface area contributed by atoms with Crippen LogP contribution in [0.4, 0.5) is 0 Å². The molecule has 0 amide bonds. The van der Waals surface area contributed by atoms with Crippen LogP contribution < -0.4 is 0 Å². The topological polar surface area (TPSA) is 72.8 Å². The molecule has 1 unspecified atom stereocenters. The number of unbranched alkanes of at least 4 members (excludes halogenated alkanes) is 12. The molecule has 0 aliphatic carbocycles. The van der Waals surface area contributed by atoms with E-state index in [4.69, 9.17) is 9.47 Å². The van der Waals surface area contributed by atoms with Crippen molar-refractivity contribution in [3.63, 3.8) is 0 Å². The Kier molecular flexibility index (Phi) is 23.8. The molecule has 0 aromatic heterocycles. The van der Waals surface area contributed by atoms with E-state index in [0.29, 0.717) is 12.8 Å². The van der Waals surface area contributed by atoms with Crippen LogP contribution in [-0.4, -0.2) is 36.4 Å². The average molecular weight is 499 g/mol. The molecule has 0 aliphatic heterocycles. The molecule has 208 valence electrons. The summed E-state index contributed by atoms with van der Waals surface area (Å²) in [7, 11) is 0. The summed E-state index contributed by atoms with van der Waals surface area (Å²) < 4.78 is 10.5. The lowest BCUT2D eigenvalue weighted by Gasteiger charge is -2.15. The zero-order valence-corrected chi connectivity index (χ0v) is 23.7.